The van der Waals surface area contributed by atoms with Gasteiger partial charge in [-0.25, -0.2) is 0 Å². The third-order valence-electron chi connectivity index (χ3n) is 4.25. The molecule has 0 bridgehead atoms. The molecule has 0 spiro atoms. The summed E-state index contributed by atoms with van der Waals surface area (Å²) in [5.74, 6) is 0.111. The number of oxime groups is 1. The van der Waals surface area contributed by atoms with E-state index < -0.39 is 0 Å². The summed E-state index contributed by atoms with van der Waals surface area (Å²) in [6.45, 7) is 3.00. The van der Waals surface area contributed by atoms with Gasteiger partial charge in [-0.15, -0.1) is 0 Å². The van der Waals surface area contributed by atoms with E-state index in [1.165, 1.54) is 25.7 Å². The van der Waals surface area contributed by atoms with E-state index >= 15 is 0 Å². The maximum Gasteiger partial charge on any atom is 0.224 e. The molecule has 1 aromatic carbocycles. The van der Waals surface area contributed by atoms with Gasteiger partial charge in [0, 0.05) is 12.1 Å². The van der Waals surface area contributed by atoms with Crippen molar-refractivity contribution < 1.29 is 10.0 Å². The first-order valence-corrected chi connectivity index (χ1v) is 7.36. The Bertz CT molecular complexity index is 517. The number of amides is 1. The van der Waals surface area contributed by atoms with Gasteiger partial charge in [-0.2, -0.15) is 0 Å². The van der Waals surface area contributed by atoms with Crippen LogP contribution < -0.4 is 11.1 Å². The van der Waals surface area contributed by atoms with Gasteiger partial charge in [-0.3, -0.25) is 4.79 Å². The molecule has 1 amide bonds. The van der Waals surface area contributed by atoms with Gasteiger partial charge in [-0.1, -0.05) is 49.2 Å². The Morgan fingerprint density at radius 3 is 2.52 bits per heavy atom. The molecule has 0 aromatic heterocycles. The van der Waals surface area contributed by atoms with E-state index in [1.54, 1.807) is 12.1 Å². The number of rotatable bonds is 5. The van der Waals surface area contributed by atoms with Crippen LogP contribution in [-0.4, -0.2) is 23.5 Å². The van der Waals surface area contributed by atoms with Crippen LogP contribution >= 0.6 is 0 Å². The van der Waals surface area contributed by atoms with Crippen LogP contribution in [0.2, 0.25) is 0 Å². The number of hydrogen-bond donors (Lipinski definition) is 3. The van der Waals surface area contributed by atoms with Crippen LogP contribution in [0.3, 0.4) is 0 Å². The van der Waals surface area contributed by atoms with Crippen LogP contribution in [0, 0.1) is 5.41 Å². The molecule has 5 heteroatoms. The lowest BCUT2D eigenvalue weighted by Gasteiger charge is -2.23. The molecule has 2 rings (SSSR count). The van der Waals surface area contributed by atoms with Gasteiger partial charge in [0.05, 0.1) is 6.42 Å². The molecule has 1 fully saturated rings. The number of carbonyl (C=O) groups excluding carboxylic acids is 1. The number of nitrogens with zero attached hydrogens (tertiary/aromatic N) is 1. The highest BCUT2D eigenvalue weighted by molar-refractivity contribution is 5.97. The van der Waals surface area contributed by atoms with Gasteiger partial charge < -0.3 is 16.3 Å². The van der Waals surface area contributed by atoms with Crippen LogP contribution in [-0.2, 0) is 11.2 Å². The van der Waals surface area contributed by atoms with E-state index in [0.29, 0.717) is 12.0 Å². The smallest absolute Gasteiger partial charge is 0.224 e. The van der Waals surface area contributed by atoms with Gasteiger partial charge in [0.25, 0.3) is 0 Å². The van der Waals surface area contributed by atoms with E-state index in [-0.39, 0.29) is 17.2 Å². The number of benzene rings is 1. The first-order chi connectivity index (χ1) is 10.0. The molecule has 0 unspecified atom stereocenters. The molecule has 0 aliphatic heterocycles. The van der Waals surface area contributed by atoms with Gasteiger partial charge in [-0.05, 0) is 23.8 Å². The standard InChI is InChI=1S/C16H23N3O2/c1-16(8-2-3-9-16)11-18-14(20)10-12-4-6-13(7-5-12)15(17)19-21/h4-7,21H,2-3,8-11H2,1H3,(H2,17,19)(H,18,20). The van der Waals surface area contributed by atoms with Crippen molar-refractivity contribution >= 4 is 11.7 Å². The second-order valence-corrected chi connectivity index (χ2v) is 6.15. The third kappa shape index (κ3) is 4.21. The van der Waals surface area contributed by atoms with Crippen molar-refractivity contribution in [2.45, 2.75) is 39.0 Å². The van der Waals surface area contributed by atoms with Crippen molar-refractivity contribution in [1.29, 1.82) is 0 Å². The van der Waals surface area contributed by atoms with Crippen LogP contribution in [0.1, 0.15) is 43.7 Å². The molecule has 4 N–H and O–H groups in total. The molecule has 1 aromatic rings. The number of nitrogens with one attached hydrogen (secondary N) is 1. The quantitative estimate of drug-likeness (QED) is 0.335. The monoisotopic (exact) mass is 289 g/mol. The fourth-order valence-corrected chi connectivity index (χ4v) is 2.82. The first kappa shape index (κ1) is 15.4. The molecule has 0 radical (unpaired) electrons. The normalized spacial score (nSPS) is 17.7. The van der Waals surface area contributed by atoms with Crippen LogP contribution in [0.4, 0.5) is 0 Å². The first-order valence-electron chi connectivity index (χ1n) is 7.36. The maximum absolute atomic E-state index is 12.0. The minimum absolute atomic E-state index is 0.0414. The largest absolute Gasteiger partial charge is 0.409 e. The minimum Gasteiger partial charge on any atom is -0.409 e. The Morgan fingerprint density at radius 2 is 1.95 bits per heavy atom. The highest BCUT2D eigenvalue weighted by atomic mass is 16.4. The fourth-order valence-electron chi connectivity index (χ4n) is 2.82. The highest BCUT2D eigenvalue weighted by Crippen LogP contribution is 2.36. The zero-order chi connectivity index (χ0) is 15.3. The van der Waals surface area contributed by atoms with Crippen molar-refractivity contribution in [1.82, 2.24) is 5.32 Å². The molecular formula is C16H23N3O2. The summed E-state index contributed by atoms with van der Waals surface area (Å²) in [6.07, 6.45) is 5.28. The van der Waals surface area contributed by atoms with Gasteiger partial charge >= 0.3 is 0 Å². The lowest BCUT2D eigenvalue weighted by molar-refractivity contribution is -0.120. The van der Waals surface area contributed by atoms with Crippen molar-refractivity contribution in [2.24, 2.45) is 16.3 Å². The maximum atomic E-state index is 12.0. The number of hydrogen-bond acceptors (Lipinski definition) is 3. The summed E-state index contributed by atoms with van der Waals surface area (Å²) in [5.41, 5.74) is 7.32. The van der Waals surface area contributed by atoms with Crippen LogP contribution in [0.5, 0.6) is 0 Å². The molecule has 1 aliphatic rings. The van der Waals surface area contributed by atoms with Gasteiger partial charge in [0.1, 0.15) is 0 Å². The lowest BCUT2D eigenvalue weighted by Crippen LogP contribution is -2.34. The zero-order valence-electron chi connectivity index (χ0n) is 12.4. The van der Waals surface area contributed by atoms with Crippen LogP contribution in [0.15, 0.2) is 29.4 Å². The van der Waals surface area contributed by atoms with E-state index in [2.05, 4.69) is 17.4 Å². The van der Waals surface area contributed by atoms with E-state index in [1.807, 2.05) is 12.1 Å². The topological polar surface area (TPSA) is 87.7 Å². The summed E-state index contributed by atoms with van der Waals surface area (Å²) in [6, 6.07) is 7.14. The summed E-state index contributed by atoms with van der Waals surface area (Å²) >= 11 is 0. The Labute approximate surface area is 125 Å². The summed E-state index contributed by atoms with van der Waals surface area (Å²) in [4.78, 5) is 12.0. The fraction of sp³-hybridized carbons (Fsp3) is 0.500. The number of carbonyl (C=O) groups is 1. The van der Waals surface area contributed by atoms with Gasteiger partial charge in [0.15, 0.2) is 5.84 Å². The molecule has 5 nitrogen and oxygen atoms in total. The van der Waals surface area contributed by atoms with Crippen molar-refractivity contribution in [2.75, 3.05) is 6.54 Å². The molecule has 114 valence electrons. The lowest BCUT2D eigenvalue weighted by atomic mass is 9.89. The Balaban J connectivity index is 1.85. The summed E-state index contributed by atoms with van der Waals surface area (Å²) in [7, 11) is 0. The van der Waals surface area contributed by atoms with E-state index in [0.717, 1.165) is 12.1 Å². The average Bonchev–Trinajstić information content (AvgIpc) is 2.92. The predicted octanol–water partition coefficient (Wildman–Crippen LogP) is 2.02. The molecular weight excluding hydrogens is 266 g/mol. The third-order valence-corrected chi connectivity index (χ3v) is 4.25. The van der Waals surface area contributed by atoms with Gasteiger partial charge in [0.2, 0.25) is 5.91 Å². The second-order valence-electron chi connectivity index (χ2n) is 6.15. The molecule has 0 atom stereocenters. The Kier molecular flexibility index (Phi) is 4.83. The Morgan fingerprint density at radius 1 is 1.33 bits per heavy atom. The van der Waals surface area contributed by atoms with Crippen molar-refractivity contribution in [3.63, 3.8) is 0 Å². The molecule has 1 saturated carbocycles. The molecule has 0 heterocycles. The average molecular weight is 289 g/mol. The number of nitrogens with two attached hydrogens (primary N) is 1. The van der Waals surface area contributed by atoms with Crippen molar-refractivity contribution in [3.05, 3.63) is 35.4 Å². The second kappa shape index (κ2) is 6.61. The Hall–Kier alpha value is -2.04. The van der Waals surface area contributed by atoms with Crippen LogP contribution in [0.25, 0.3) is 0 Å². The molecule has 0 saturated heterocycles. The number of amidine groups is 1. The van der Waals surface area contributed by atoms with E-state index in [9.17, 15) is 4.79 Å². The predicted molar refractivity (Wildman–Crippen MR) is 82.2 cm³/mol. The summed E-state index contributed by atoms with van der Waals surface area (Å²) < 4.78 is 0. The SMILES string of the molecule is CC1(CNC(=O)Cc2ccc(C(N)=NO)cc2)CCCC1. The zero-order valence-corrected chi connectivity index (χ0v) is 12.4. The highest BCUT2D eigenvalue weighted by Gasteiger charge is 2.28. The van der Waals surface area contributed by atoms with Crippen molar-refractivity contribution in [3.8, 4) is 0 Å². The van der Waals surface area contributed by atoms with E-state index in [4.69, 9.17) is 10.9 Å². The minimum atomic E-state index is 0.0414. The summed E-state index contributed by atoms with van der Waals surface area (Å²) in [5, 5.41) is 14.6. The molecule has 21 heavy (non-hydrogen) atoms. The molecule has 1 aliphatic carbocycles.